The molecule has 0 aliphatic heterocycles. The van der Waals surface area contributed by atoms with Crippen LogP contribution < -0.4 is 11.9 Å². The van der Waals surface area contributed by atoms with Gasteiger partial charge < -0.3 is 11.9 Å². The Labute approximate surface area is 93.3 Å². The lowest BCUT2D eigenvalue weighted by molar-refractivity contribution is 0.257. The number of nitrogens with two attached hydrogens (primary N) is 1. The Morgan fingerprint density at radius 1 is 1.27 bits per heavy atom. The summed E-state index contributed by atoms with van der Waals surface area (Å²) in [6.07, 6.45) is 0. The second kappa shape index (κ2) is 9.13. The van der Waals surface area contributed by atoms with Gasteiger partial charge in [-0.1, -0.05) is 34.2 Å². The van der Waals surface area contributed by atoms with Crippen molar-refractivity contribution in [3.63, 3.8) is 0 Å². The quantitative estimate of drug-likeness (QED) is 0.727. The lowest BCUT2D eigenvalue weighted by atomic mass is 10.4. The molecule has 0 fully saturated rings. The van der Waals surface area contributed by atoms with Gasteiger partial charge >= 0.3 is 16.5 Å². The molecule has 0 aromatic heterocycles. The molecular weight excluding hydrogens is 242 g/mol. The molecule has 1 aromatic rings. The highest BCUT2D eigenvalue weighted by Crippen LogP contribution is 2.03. The molecule has 0 heterocycles. The van der Waals surface area contributed by atoms with Crippen LogP contribution in [-0.2, 0) is 10.5 Å². The molecule has 5 N–H and O–H groups in total. The predicted molar refractivity (Wildman–Crippen MR) is 57.4 cm³/mol. The first-order chi connectivity index (χ1) is 6.52. The minimum Gasteiger partial charge on any atom is -0.349 e. The summed E-state index contributed by atoms with van der Waals surface area (Å²) in [7, 11) is -2.70. The van der Waals surface area contributed by atoms with Crippen molar-refractivity contribution in [2.75, 3.05) is 0 Å². The summed E-state index contributed by atoms with van der Waals surface area (Å²) in [5, 5.41) is 0.794. The molecule has 0 unspecified atom stereocenters. The summed E-state index contributed by atoms with van der Waals surface area (Å²) in [5.74, 6) is 0. The van der Waals surface area contributed by atoms with E-state index < -0.39 is 16.5 Å². The van der Waals surface area contributed by atoms with E-state index in [0.717, 1.165) is 5.02 Å². The van der Waals surface area contributed by atoms with Gasteiger partial charge in [-0.15, -0.1) is 0 Å². The maximum absolute atomic E-state index is 9.47. The zero-order chi connectivity index (χ0) is 11.0. The van der Waals surface area contributed by atoms with Gasteiger partial charge in [-0.25, -0.2) is 4.79 Å². The first kappa shape index (κ1) is 16.0. The van der Waals surface area contributed by atoms with Gasteiger partial charge in [0.1, 0.15) is 0 Å². The van der Waals surface area contributed by atoms with Crippen LogP contribution in [0.3, 0.4) is 0 Å². The molecule has 0 bridgehead atoms. The summed E-state index contributed by atoms with van der Waals surface area (Å²) < 4.78 is 21.0. The number of urea groups is 1. The van der Waals surface area contributed by atoms with Gasteiger partial charge in [0, 0.05) is 5.02 Å². The van der Waals surface area contributed by atoms with Crippen LogP contribution in [0.5, 0.6) is 0 Å². The van der Waals surface area contributed by atoms with Crippen LogP contribution in [0, 0.1) is 0 Å². The van der Waals surface area contributed by atoms with Crippen molar-refractivity contribution < 1.29 is 13.2 Å². The third-order valence-electron chi connectivity index (χ3n) is 0.898. The van der Waals surface area contributed by atoms with Gasteiger partial charge in [0.15, 0.2) is 0 Å². The lowest BCUT2D eigenvalue weighted by Gasteiger charge is -1.80. The molecule has 1 rings (SSSR count). The third kappa shape index (κ3) is 12.6. The maximum Gasteiger partial charge on any atom is 0.353 e. The lowest BCUT2D eigenvalue weighted by Crippen LogP contribution is -2.02. The second-order valence-corrected chi connectivity index (χ2v) is 3.00. The van der Waals surface area contributed by atoms with Gasteiger partial charge in [0.25, 0.3) is 0 Å². The number of halogens is 1. The number of benzene rings is 1. The maximum atomic E-state index is 9.47. The fourth-order valence-electron chi connectivity index (χ4n) is 0.488. The molecule has 0 spiro atoms. The van der Waals surface area contributed by atoms with Crippen LogP contribution in [0.4, 0.5) is 4.79 Å². The Hall–Kier alpha value is -1.44. The second-order valence-electron chi connectivity index (χ2n) is 1.94. The highest BCUT2D eigenvalue weighted by Gasteiger charge is 1.80. The number of amides is 2. The third-order valence-corrected chi connectivity index (χ3v) is 1.48. The van der Waals surface area contributed by atoms with E-state index in [1.807, 2.05) is 30.3 Å². The van der Waals surface area contributed by atoms with Gasteiger partial charge in [0.05, 0.1) is 0 Å². The largest absolute Gasteiger partial charge is 0.353 e. The molecule has 2 amide bonds. The molecule has 15 heavy (non-hydrogen) atoms. The van der Waals surface area contributed by atoms with Crippen molar-refractivity contribution in [1.29, 1.82) is 0 Å². The summed E-state index contributed by atoms with van der Waals surface area (Å²) in [6, 6.07) is 8.24. The monoisotopic (exact) mass is 251 g/mol. The van der Waals surface area contributed by atoms with Crippen molar-refractivity contribution in [3.05, 3.63) is 35.4 Å². The van der Waals surface area contributed by atoms with Gasteiger partial charge in [-0.3, -0.25) is 0 Å². The zero-order valence-corrected chi connectivity index (χ0v) is 9.20. The van der Waals surface area contributed by atoms with Crippen molar-refractivity contribution >= 4 is 28.1 Å². The number of hydrogen-bond acceptors (Lipinski definition) is 4. The average molecular weight is 252 g/mol. The van der Waals surface area contributed by atoms with Crippen molar-refractivity contribution in [2.24, 2.45) is 10.1 Å². The van der Waals surface area contributed by atoms with E-state index in [9.17, 15) is 13.2 Å². The van der Waals surface area contributed by atoms with Gasteiger partial charge in [-0.05, 0) is 12.1 Å². The number of primary amides is 1. The molecule has 0 saturated carbocycles. The molecule has 0 aliphatic carbocycles. The standard InChI is InChI=1S/C6H5Cl.CH2N2O3S.H3N/c7-6-4-2-1-3-5-6;2-1(4)3-7(5)6;/h1-5H;(H2,2,4);1H3. The van der Waals surface area contributed by atoms with E-state index in [-0.39, 0.29) is 6.15 Å². The number of hydrogen-bond donors (Lipinski definition) is 2. The van der Waals surface area contributed by atoms with E-state index in [1.54, 1.807) is 0 Å². The van der Waals surface area contributed by atoms with Crippen LogP contribution in [0.25, 0.3) is 0 Å². The molecule has 0 radical (unpaired) electrons. The minimum atomic E-state index is -2.70. The molecule has 84 valence electrons. The molecule has 0 atom stereocenters. The number of carbonyl (C=O) groups excluding carboxylic acids is 1. The predicted octanol–water partition coefficient (Wildman–Crippen LogP) is 1.63. The topological polar surface area (TPSA) is 125 Å². The Bertz CT molecular complexity index is 410. The van der Waals surface area contributed by atoms with E-state index in [4.69, 9.17) is 11.6 Å². The van der Waals surface area contributed by atoms with E-state index in [1.165, 1.54) is 0 Å². The zero-order valence-electron chi connectivity index (χ0n) is 7.63. The first-order valence-electron chi connectivity index (χ1n) is 3.33. The van der Waals surface area contributed by atoms with Crippen molar-refractivity contribution in [3.8, 4) is 0 Å². The van der Waals surface area contributed by atoms with Crippen LogP contribution in [0.2, 0.25) is 5.02 Å². The number of nitrogens with zero attached hydrogens (tertiary/aromatic N) is 1. The summed E-state index contributed by atoms with van der Waals surface area (Å²) in [6.45, 7) is 0. The highest BCUT2D eigenvalue weighted by atomic mass is 35.5. The Kier molecular flexibility index (Phi) is 9.74. The number of rotatable bonds is 0. The fourth-order valence-corrected chi connectivity index (χ4v) is 0.781. The van der Waals surface area contributed by atoms with Crippen LogP contribution >= 0.6 is 11.6 Å². The Balaban J connectivity index is 0. The van der Waals surface area contributed by atoms with E-state index >= 15 is 0 Å². The first-order valence-corrected chi connectivity index (χ1v) is 4.74. The molecule has 0 aliphatic rings. The van der Waals surface area contributed by atoms with Gasteiger partial charge in [0.2, 0.25) is 0 Å². The number of carbonyl (C=O) groups is 1. The average Bonchev–Trinajstić information content (AvgIpc) is 2.03. The fraction of sp³-hybridized carbons (Fsp3) is 0. The molecular formula is C7H10ClN3O3S. The molecule has 6 nitrogen and oxygen atoms in total. The summed E-state index contributed by atoms with van der Waals surface area (Å²) >= 11 is 5.54. The van der Waals surface area contributed by atoms with E-state index in [2.05, 4.69) is 10.1 Å². The van der Waals surface area contributed by atoms with Crippen LogP contribution in [0.15, 0.2) is 34.7 Å². The summed E-state index contributed by atoms with van der Waals surface area (Å²) in [5.41, 5.74) is 4.29. The van der Waals surface area contributed by atoms with Crippen LogP contribution in [-0.4, -0.2) is 14.4 Å². The smallest absolute Gasteiger partial charge is 0.349 e. The normalized spacial score (nSPS) is 7.53. The van der Waals surface area contributed by atoms with Crippen LogP contribution in [0.1, 0.15) is 0 Å². The minimum absolute atomic E-state index is 0. The molecule has 0 saturated heterocycles. The SMILES string of the molecule is Clc1ccccc1.N.NC(=O)N=S(=O)=O. The highest BCUT2D eigenvalue weighted by molar-refractivity contribution is 7.62. The Morgan fingerprint density at radius 2 is 1.73 bits per heavy atom. The Morgan fingerprint density at radius 3 is 1.87 bits per heavy atom. The summed E-state index contributed by atoms with van der Waals surface area (Å²) in [4.78, 5) is 9.47. The van der Waals surface area contributed by atoms with Crippen molar-refractivity contribution in [2.45, 2.75) is 0 Å². The molecule has 8 heteroatoms. The van der Waals surface area contributed by atoms with Gasteiger partial charge in [-0.2, -0.15) is 8.42 Å². The van der Waals surface area contributed by atoms with E-state index in [0.29, 0.717) is 0 Å². The van der Waals surface area contributed by atoms with Crippen molar-refractivity contribution in [1.82, 2.24) is 6.15 Å². The molecule has 1 aromatic carbocycles.